The first kappa shape index (κ1) is 15.8. The monoisotopic (exact) mass is 345 g/mol. The predicted molar refractivity (Wildman–Crippen MR) is 98.0 cm³/mol. The Bertz CT molecular complexity index is 1010. The van der Waals surface area contributed by atoms with E-state index in [-0.39, 0.29) is 17.7 Å². The van der Waals surface area contributed by atoms with Gasteiger partial charge in [0.1, 0.15) is 0 Å². The lowest BCUT2D eigenvalue weighted by molar-refractivity contribution is -0.389. The summed E-state index contributed by atoms with van der Waals surface area (Å²) in [5, 5.41) is 14.9. The topological polar surface area (TPSA) is 85.4 Å². The zero-order valence-corrected chi connectivity index (χ0v) is 13.7. The quantitative estimate of drug-likeness (QED) is 0.439. The van der Waals surface area contributed by atoms with E-state index in [0.29, 0.717) is 5.65 Å². The molecule has 0 aliphatic rings. The second-order valence-electron chi connectivity index (χ2n) is 5.71. The number of imidazole rings is 1. The fraction of sp³-hybridized carbons (Fsp3) is 0.0526. The van der Waals surface area contributed by atoms with Crippen molar-refractivity contribution in [3.63, 3.8) is 0 Å². The van der Waals surface area contributed by atoms with Gasteiger partial charge >= 0.3 is 5.82 Å². The van der Waals surface area contributed by atoms with E-state index < -0.39 is 4.92 Å². The van der Waals surface area contributed by atoms with Crippen molar-refractivity contribution in [2.75, 3.05) is 5.32 Å². The Hall–Kier alpha value is -3.74. The fourth-order valence-electron chi connectivity index (χ4n) is 2.91. The van der Waals surface area contributed by atoms with Gasteiger partial charge in [0.25, 0.3) is 0 Å². The average molecular weight is 345 g/mol. The molecule has 7 heteroatoms. The van der Waals surface area contributed by atoms with Crippen molar-refractivity contribution in [3.8, 4) is 0 Å². The molecule has 4 rings (SSSR count). The Morgan fingerprint density at radius 3 is 2.50 bits per heavy atom. The number of nitrogens with zero attached hydrogens (tertiary/aromatic N) is 4. The number of hydrogen-bond donors (Lipinski definition) is 1. The largest absolute Gasteiger partial charge is 0.372 e. The van der Waals surface area contributed by atoms with E-state index in [1.165, 1.54) is 4.40 Å². The van der Waals surface area contributed by atoms with E-state index in [2.05, 4.69) is 15.3 Å². The van der Waals surface area contributed by atoms with Gasteiger partial charge < -0.3 is 15.4 Å². The summed E-state index contributed by atoms with van der Waals surface area (Å²) < 4.78 is 1.46. The molecule has 26 heavy (non-hydrogen) atoms. The van der Waals surface area contributed by atoms with E-state index in [9.17, 15) is 10.1 Å². The van der Waals surface area contributed by atoms with Crippen LogP contribution < -0.4 is 5.32 Å². The molecule has 0 saturated carbocycles. The van der Waals surface area contributed by atoms with Crippen LogP contribution in [0, 0.1) is 10.1 Å². The van der Waals surface area contributed by atoms with Gasteiger partial charge in [-0.2, -0.15) is 9.38 Å². The molecule has 0 bridgehead atoms. The number of hydrogen-bond acceptors (Lipinski definition) is 5. The smallest absolute Gasteiger partial charge is 0.358 e. The van der Waals surface area contributed by atoms with Crippen LogP contribution in [-0.2, 0) is 0 Å². The number of nitro groups is 1. The van der Waals surface area contributed by atoms with Gasteiger partial charge in [-0.25, -0.2) is 0 Å². The number of benzene rings is 1. The number of rotatable bonds is 5. The van der Waals surface area contributed by atoms with Crippen molar-refractivity contribution in [2.45, 2.75) is 6.04 Å². The van der Waals surface area contributed by atoms with E-state index in [0.717, 1.165) is 11.3 Å². The van der Waals surface area contributed by atoms with Gasteiger partial charge in [-0.05, 0) is 28.7 Å². The van der Waals surface area contributed by atoms with Crippen LogP contribution >= 0.6 is 0 Å². The molecular formula is C19H15N5O2. The van der Waals surface area contributed by atoms with E-state index >= 15 is 0 Å². The molecule has 0 fully saturated rings. The predicted octanol–water partition coefficient (Wildman–Crippen LogP) is 3.84. The summed E-state index contributed by atoms with van der Waals surface area (Å²) in [7, 11) is 0. The molecular weight excluding hydrogens is 330 g/mol. The summed E-state index contributed by atoms with van der Waals surface area (Å²) in [6.45, 7) is 0. The van der Waals surface area contributed by atoms with Gasteiger partial charge in [-0.15, -0.1) is 0 Å². The Kier molecular flexibility index (Phi) is 4.03. The zero-order chi connectivity index (χ0) is 17.9. The van der Waals surface area contributed by atoms with E-state index in [4.69, 9.17) is 0 Å². The Morgan fingerprint density at radius 1 is 1.00 bits per heavy atom. The maximum atomic E-state index is 11.6. The summed E-state index contributed by atoms with van der Waals surface area (Å²) in [5.74, 6) is 0.109. The van der Waals surface area contributed by atoms with Crippen LogP contribution in [0.4, 0.5) is 11.6 Å². The Balaban J connectivity index is 1.83. The summed E-state index contributed by atoms with van der Waals surface area (Å²) in [6, 6.07) is 20.2. The first-order valence-corrected chi connectivity index (χ1v) is 8.08. The molecule has 0 aliphatic carbocycles. The fourth-order valence-corrected chi connectivity index (χ4v) is 2.91. The highest BCUT2D eigenvalue weighted by atomic mass is 16.6. The molecule has 1 unspecified atom stereocenters. The molecule has 3 aromatic heterocycles. The summed E-state index contributed by atoms with van der Waals surface area (Å²) in [5.41, 5.74) is 2.21. The average Bonchev–Trinajstić information content (AvgIpc) is 3.06. The highest BCUT2D eigenvalue weighted by Crippen LogP contribution is 2.31. The molecule has 1 N–H and O–H groups in total. The second kappa shape index (κ2) is 6.64. The molecule has 3 heterocycles. The number of fused-ring (bicyclic) bond motifs is 1. The standard InChI is InChI=1S/C19H15N5O2/c25-24(26)19-18(21-16-11-5-7-13-23(16)19)22-17(14-8-2-1-3-9-14)15-10-4-6-12-20-15/h1-13,17,22H. The number of pyridine rings is 2. The van der Waals surface area contributed by atoms with Crippen LogP contribution in [0.25, 0.3) is 5.65 Å². The second-order valence-corrected chi connectivity index (χ2v) is 5.71. The molecule has 4 aromatic rings. The van der Waals surface area contributed by atoms with Gasteiger partial charge in [0.2, 0.25) is 11.5 Å². The Labute approximate surface area is 149 Å². The minimum absolute atomic E-state index is 0.0996. The van der Waals surface area contributed by atoms with Crippen molar-refractivity contribution >= 4 is 17.3 Å². The lowest BCUT2D eigenvalue weighted by atomic mass is 10.0. The molecule has 0 aliphatic heterocycles. The molecule has 0 spiro atoms. The molecule has 0 radical (unpaired) electrons. The number of anilines is 1. The third-order valence-electron chi connectivity index (χ3n) is 4.08. The van der Waals surface area contributed by atoms with Crippen molar-refractivity contribution in [2.24, 2.45) is 0 Å². The minimum Gasteiger partial charge on any atom is -0.358 e. The van der Waals surface area contributed by atoms with Gasteiger partial charge in [-0.1, -0.05) is 42.5 Å². The van der Waals surface area contributed by atoms with Crippen molar-refractivity contribution in [1.82, 2.24) is 14.4 Å². The van der Waals surface area contributed by atoms with Crippen molar-refractivity contribution in [1.29, 1.82) is 0 Å². The first-order valence-electron chi connectivity index (χ1n) is 8.08. The molecule has 128 valence electrons. The van der Waals surface area contributed by atoms with E-state index in [1.54, 1.807) is 30.6 Å². The molecule has 0 amide bonds. The zero-order valence-electron chi connectivity index (χ0n) is 13.7. The van der Waals surface area contributed by atoms with Gasteiger partial charge in [0, 0.05) is 12.3 Å². The normalized spacial score (nSPS) is 12.0. The van der Waals surface area contributed by atoms with Gasteiger partial charge in [0.05, 0.1) is 17.9 Å². The highest BCUT2D eigenvalue weighted by Gasteiger charge is 2.26. The molecule has 7 nitrogen and oxygen atoms in total. The molecule has 0 saturated heterocycles. The Morgan fingerprint density at radius 2 is 1.77 bits per heavy atom. The van der Waals surface area contributed by atoms with Crippen LogP contribution in [0.3, 0.4) is 0 Å². The summed E-state index contributed by atoms with van der Waals surface area (Å²) in [4.78, 5) is 20.0. The molecule has 1 atom stereocenters. The third-order valence-corrected chi connectivity index (χ3v) is 4.08. The third kappa shape index (κ3) is 2.86. The molecule has 1 aromatic carbocycles. The number of nitrogens with one attached hydrogen (secondary N) is 1. The van der Waals surface area contributed by atoms with Crippen molar-refractivity contribution < 1.29 is 4.92 Å². The first-order chi connectivity index (χ1) is 12.7. The maximum absolute atomic E-state index is 11.6. The van der Waals surface area contributed by atoms with Crippen LogP contribution in [-0.4, -0.2) is 19.3 Å². The van der Waals surface area contributed by atoms with Crippen LogP contribution in [0.2, 0.25) is 0 Å². The summed E-state index contributed by atoms with van der Waals surface area (Å²) >= 11 is 0. The van der Waals surface area contributed by atoms with Gasteiger partial charge in [0.15, 0.2) is 0 Å². The summed E-state index contributed by atoms with van der Waals surface area (Å²) in [6.07, 6.45) is 3.33. The lowest BCUT2D eigenvalue weighted by Gasteiger charge is -2.18. The number of aromatic nitrogens is 3. The lowest BCUT2D eigenvalue weighted by Crippen LogP contribution is -2.15. The van der Waals surface area contributed by atoms with Crippen LogP contribution in [0.15, 0.2) is 79.1 Å². The maximum Gasteiger partial charge on any atom is 0.372 e. The van der Waals surface area contributed by atoms with Crippen LogP contribution in [0.1, 0.15) is 17.3 Å². The minimum atomic E-state index is -0.428. The SMILES string of the molecule is O=[N+]([O-])c1c(NC(c2ccccc2)c2ccccn2)nc2ccccn12. The van der Waals surface area contributed by atoms with E-state index in [1.807, 2.05) is 48.5 Å². The van der Waals surface area contributed by atoms with Crippen molar-refractivity contribution in [3.05, 3.63) is 100 Å². The highest BCUT2D eigenvalue weighted by molar-refractivity contribution is 5.63. The van der Waals surface area contributed by atoms with Gasteiger partial charge in [-0.3, -0.25) is 4.98 Å². The van der Waals surface area contributed by atoms with Crippen LogP contribution in [0.5, 0.6) is 0 Å².